The highest BCUT2D eigenvalue weighted by molar-refractivity contribution is 7.26. The fourth-order valence-corrected chi connectivity index (χ4v) is 9.42. The molecule has 0 aliphatic heterocycles. The van der Waals surface area contributed by atoms with E-state index < -0.39 is 0 Å². The van der Waals surface area contributed by atoms with E-state index in [2.05, 4.69) is 191 Å². The normalized spacial score (nSPS) is 11.9. The van der Waals surface area contributed by atoms with Crippen LogP contribution in [0.3, 0.4) is 0 Å². The van der Waals surface area contributed by atoms with E-state index in [0.29, 0.717) is 0 Å². The van der Waals surface area contributed by atoms with Crippen molar-refractivity contribution >= 4 is 75.1 Å². The van der Waals surface area contributed by atoms with Crippen LogP contribution in [0.5, 0.6) is 0 Å². The van der Waals surface area contributed by atoms with Crippen molar-refractivity contribution in [3.05, 3.63) is 182 Å². The van der Waals surface area contributed by atoms with Gasteiger partial charge in [0, 0.05) is 53.1 Å². The first-order valence-electron chi connectivity index (χ1n) is 17.4. The van der Waals surface area contributed by atoms with Gasteiger partial charge in [0.25, 0.3) is 0 Å². The second-order valence-electron chi connectivity index (χ2n) is 13.3. The molecule has 2 nitrogen and oxygen atoms in total. The molecular weight excluding hydrogens is 637 g/mol. The lowest BCUT2D eigenvalue weighted by molar-refractivity contribution is 1.16. The van der Waals surface area contributed by atoms with Crippen LogP contribution < -0.4 is 0 Å². The summed E-state index contributed by atoms with van der Waals surface area (Å²) in [6.07, 6.45) is 0. The highest BCUT2D eigenvalue weighted by Crippen LogP contribution is 2.42. The van der Waals surface area contributed by atoms with Gasteiger partial charge in [-0.05, 0) is 76.9 Å². The summed E-state index contributed by atoms with van der Waals surface area (Å²) in [5.74, 6) is 0. The van der Waals surface area contributed by atoms with Gasteiger partial charge in [0.1, 0.15) is 0 Å². The summed E-state index contributed by atoms with van der Waals surface area (Å²) in [5, 5.41) is 7.71. The molecule has 0 aliphatic rings. The number of aromatic nitrogens is 2. The van der Waals surface area contributed by atoms with Gasteiger partial charge in [-0.3, -0.25) is 0 Å². The Bertz CT molecular complexity index is 3100. The second-order valence-corrected chi connectivity index (χ2v) is 14.4. The molecule has 0 saturated heterocycles. The molecule has 0 bridgehead atoms. The van der Waals surface area contributed by atoms with E-state index >= 15 is 0 Å². The summed E-state index contributed by atoms with van der Waals surface area (Å²) in [6, 6.07) is 66.6. The minimum Gasteiger partial charge on any atom is -0.309 e. The number of nitrogens with zero attached hydrogens (tertiary/aromatic N) is 2. The maximum atomic E-state index is 2.44. The van der Waals surface area contributed by atoms with Crippen LogP contribution in [-0.2, 0) is 0 Å². The van der Waals surface area contributed by atoms with E-state index in [9.17, 15) is 0 Å². The van der Waals surface area contributed by atoms with Gasteiger partial charge in [0.05, 0.1) is 22.1 Å². The van der Waals surface area contributed by atoms with Gasteiger partial charge in [-0.25, -0.2) is 0 Å². The summed E-state index contributed by atoms with van der Waals surface area (Å²) >= 11 is 1.88. The van der Waals surface area contributed by atoms with Crippen molar-refractivity contribution in [3.63, 3.8) is 0 Å². The van der Waals surface area contributed by atoms with Crippen LogP contribution in [-0.4, -0.2) is 9.13 Å². The highest BCUT2D eigenvalue weighted by atomic mass is 32.1. The Kier molecular flexibility index (Phi) is 6.16. The predicted octanol–water partition coefficient (Wildman–Crippen LogP) is 13.6. The third-order valence-electron chi connectivity index (χ3n) is 10.5. The fourth-order valence-electron chi connectivity index (χ4n) is 8.19. The Hall–Kier alpha value is -6.42. The number of para-hydroxylation sites is 2. The van der Waals surface area contributed by atoms with Crippen molar-refractivity contribution in [2.75, 3.05) is 0 Å². The molecule has 3 heterocycles. The van der Waals surface area contributed by atoms with Crippen LogP contribution in [0.1, 0.15) is 0 Å². The molecule has 0 fully saturated rings. The predicted molar refractivity (Wildman–Crippen MR) is 219 cm³/mol. The maximum absolute atomic E-state index is 2.44. The fraction of sp³-hybridized carbons (Fsp3) is 0. The molecule has 0 aliphatic carbocycles. The minimum atomic E-state index is 1.16. The Morgan fingerprint density at radius 2 is 0.824 bits per heavy atom. The first-order valence-corrected chi connectivity index (χ1v) is 18.3. The quantitative estimate of drug-likeness (QED) is 0.177. The maximum Gasteiger partial charge on any atom is 0.0562 e. The van der Waals surface area contributed by atoms with Crippen LogP contribution in [0.2, 0.25) is 0 Å². The third-order valence-corrected chi connectivity index (χ3v) is 11.8. The summed E-state index contributed by atoms with van der Waals surface area (Å²) in [4.78, 5) is 0. The number of rotatable bonds is 4. The number of thiophene rings is 1. The van der Waals surface area contributed by atoms with E-state index in [4.69, 9.17) is 0 Å². The average Bonchev–Trinajstić information content (AvgIpc) is 3.85. The zero-order valence-electron chi connectivity index (χ0n) is 27.6. The van der Waals surface area contributed by atoms with Crippen molar-refractivity contribution in [2.45, 2.75) is 0 Å². The van der Waals surface area contributed by atoms with Crippen molar-refractivity contribution in [3.8, 4) is 33.6 Å². The Morgan fingerprint density at radius 3 is 1.47 bits per heavy atom. The smallest absolute Gasteiger partial charge is 0.0562 e. The van der Waals surface area contributed by atoms with Crippen LogP contribution in [0.15, 0.2) is 182 Å². The minimum absolute atomic E-state index is 1.16. The molecular formula is C48H30N2S. The van der Waals surface area contributed by atoms with Gasteiger partial charge >= 0.3 is 0 Å². The lowest BCUT2D eigenvalue weighted by Crippen LogP contribution is -1.96. The van der Waals surface area contributed by atoms with Gasteiger partial charge in [-0.15, -0.1) is 11.3 Å². The third kappa shape index (κ3) is 4.29. The molecule has 11 rings (SSSR count). The number of fused-ring (bicyclic) bond motifs is 9. The lowest BCUT2D eigenvalue weighted by Gasteiger charge is -2.12. The lowest BCUT2D eigenvalue weighted by atomic mass is 10.0. The Labute approximate surface area is 298 Å². The van der Waals surface area contributed by atoms with E-state index in [-0.39, 0.29) is 0 Å². The van der Waals surface area contributed by atoms with Gasteiger partial charge in [-0.2, -0.15) is 0 Å². The highest BCUT2D eigenvalue weighted by Gasteiger charge is 2.19. The van der Waals surface area contributed by atoms with Crippen molar-refractivity contribution in [1.82, 2.24) is 9.13 Å². The number of hydrogen-bond donors (Lipinski definition) is 0. The van der Waals surface area contributed by atoms with Crippen LogP contribution in [0.4, 0.5) is 0 Å². The zero-order valence-corrected chi connectivity index (χ0v) is 28.4. The van der Waals surface area contributed by atoms with E-state index in [1.54, 1.807) is 0 Å². The van der Waals surface area contributed by atoms with Gasteiger partial charge in [-0.1, -0.05) is 127 Å². The second kappa shape index (κ2) is 11.0. The molecule has 3 heteroatoms. The molecule has 0 spiro atoms. The summed E-state index contributed by atoms with van der Waals surface area (Å²) < 4.78 is 7.54. The SMILES string of the molecule is c1ccc(-c2ccc(-n3c4ccccc4c4cc5c6ccccc6n(-c6ccc(-c7cccc8c7sc7ccccc78)cc6)c5cc43)cc2)cc1. The molecule has 3 aromatic heterocycles. The van der Waals surface area contributed by atoms with Gasteiger partial charge < -0.3 is 9.13 Å². The molecule has 0 amide bonds. The monoisotopic (exact) mass is 666 g/mol. The van der Waals surface area contributed by atoms with Gasteiger partial charge in [0.15, 0.2) is 0 Å². The average molecular weight is 667 g/mol. The van der Waals surface area contributed by atoms with Crippen LogP contribution in [0.25, 0.3) is 97.4 Å². The standard InChI is InChI=1S/C48H30N2S/c1-2-11-31(12-3-1)32-21-25-34(26-22-32)49-43-18-7-4-13-37(43)41-29-42-38-14-5-8-19-44(38)50(46(42)30-45(41)49)35-27-23-33(24-28-35)36-16-10-17-40-39-15-6-9-20-47(39)51-48(36)40/h1-30H. The molecule has 11 aromatic rings. The molecule has 51 heavy (non-hydrogen) atoms. The molecule has 0 N–H and O–H groups in total. The first kappa shape index (κ1) is 28.4. The molecule has 0 saturated carbocycles. The van der Waals surface area contributed by atoms with Crippen molar-refractivity contribution in [2.24, 2.45) is 0 Å². The van der Waals surface area contributed by atoms with Crippen LogP contribution in [0, 0.1) is 0 Å². The largest absolute Gasteiger partial charge is 0.309 e. The Balaban J connectivity index is 1.11. The van der Waals surface area contributed by atoms with Gasteiger partial charge in [0.2, 0.25) is 0 Å². The molecule has 0 unspecified atom stereocenters. The summed E-state index contributed by atoms with van der Waals surface area (Å²) in [6.45, 7) is 0. The molecule has 0 atom stereocenters. The zero-order chi connectivity index (χ0) is 33.5. The first-order chi connectivity index (χ1) is 25.3. The summed E-state index contributed by atoms with van der Waals surface area (Å²) in [5.41, 5.74) is 12.1. The molecule has 238 valence electrons. The van der Waals surface area contributed by atoms with Crippen molar-refractivity contribution < 1.29 is 0 Å². The molecule has 8 aromatic carbocycles. The topological polar surface area (TPSA) is 9.86 Å². The number of benzene rings is 8. The van der Waals surface area contributed by atoms with Crippen LogP contribution >= 0.6 is 11.3 Å². The summed E-state index contributed by atoms with van der Waals surface area (Å²) in [7, 11) is 0. The Morgan fingerprint density at radius 1 is 0.314 bits per heavy atom. The van der Waals surface area contributed by atoms with Crippen molar-refractivity contribution in [1.29, 1.82) is 0 Å². The number of hydrogen-bond acceptors (Lipinski definition) is 1. The van der Waals surface area contributed by atoms with E-state index in [1.165, 1.54) is 86.0 Å². The molecule has 0 radical (unpaired) electrons. The van der Waals surface area contributed by atoms with E-state index in [0.717, 1.165) is 11.4 Å². The van der Waals surface area contributed by atoms with E-state index in [1.807, 2.05) is 11.3 Å².